The van der Waals surface area contributed by atoms with Gasteiger partial charge in [-0.15, -0.1) is 0 Å². The van der Waals surface area contributed by atoms with Crippen LogP contribution in [-0.4, -0.2) is 49.1 Å². The first-order chi connectivity index (χ1) is 17.5. The third kappa shape index (κ3) is 4.53. The number of hydrogen-bond acceptors (Lipinski definition) is 5. The van der Waals surface area contributed by atoms with Gasteiger partial charge < -0.3 is 19.1 Å². The van der Waals surface area contributed by atoms with Crippen LogP contribution in [0.1, 0.15) is 34.7 Å². The second-order valence-corrected chi connectivity index (χ2v) is 9.70. The summed E-state index contributed by atoms with van der Waals surface area (Å²) in [5.41, 5.74) is 5.95. The van der Waals surface area contributed by atoms with Gasteiger partial charge in [0.05, 0.1) is 27.4 Å². The third-order valence-corrected chi connectivity index (χ3v) is 7.57. The van der Waals surface area contributed by atoms with Crippen LogP contribution in [0, 0.1) is 0 Å². The first kappa shape index (κ1) is 24.2. The van der Waals surface area contributed by atoms with Crippen molar-refractivity contribution in [1.82, 2.24) is 9.80 Å². The van der Waals surface area contributed by atoms with Gasteiger partial charge in [-0.3, -0.25) is 9.69 Å². The van der Waals surface area contributed by atoms with E-state index in [4.69, 9.17) is 14.2 Å². The molecule has 2 atom stereocenters. The molecule has 2 heterocycles. The minimum absolute atomic E-state index is 0.0911. The molecule has 0 aromatic heterocycles. The first-order valence-electron chi connectivity index (χ1n) is 12.5. The minimum atomic E-state index is -0.242. The Morgan fingerprint density at radius 2 is 1.42 bits per heavy atom. The van der Waals surface area contributed by atoms with Crippen LogP contribution in [0.15, 0.2) is 60.7 Å². The number of amides is 1. The van der Waals surface area contributed by atoms with Crippen molar-refractivity contribution in [3.63, 3.8) is 0 Å². The lowest BCUT2D eigenvalue weighted by Crippen LogP contribution is -2.54. The van der Waals surface area contributed by atoms with Crippen LogP contribution in [-0.2, 0) is 37.3 Å². The topological polar surface area (TPSA) is 51.2 Å². The molecule has 0 saturated heterocycles. The molecular weight excluding hydrogens is 452 g/mol. The number of methoxy groups -OCH3 is 3. The summed E-state index contributed by atoms with van der Waals surface area (Å²) in [5, 5.41) is 0. The van der Waals surface area contributed by atoms with Gasteiger partial charge in [0, 0.05) is 31.2 Å². The molecule has 6 heteroatoms. The number of fused-ring (bicyclic) bond motifs is 2. The lowest BCUT2D eigenvalue weighted by Gasteiger charge is -2.42. The molecule has 2 aliphatic rings. The molecule has 0 radical (unpaired) electrons. The highest BCUT2D eigenvalue weighted by molar-refractivity contribution is 5.83. The van der Waals surface area contributed by atoms with Gasteiger partial charge in [-0.1, -0.05) is 42.5 Å². The molecular formula is C30H34N2O4. The molecule has 36 heavy (non-hydrogen) atoms. The zero-order valence-electron chi connectivity index (χ0n) is 21.5. The molecule has 0 saturated carbocycles. The van der Waals surface area contributed by atoms with Crippen LogP contribution < -0.4 is 14.2 Å². The van der Waals surface area contributed by atoms with Crippen LogP contribution in [0.25, 0.3) is 0 Å². The van der Waals surface area contributed by atoms with Crippen molar-refractivity contribution in [1.29, 1.82) is 0 Å². The molecule has 3 aromatic rings. The van der Waals surface area contributed by atoms with Gasteiger partial charge in [-0.2, -0.15) is 0 Å². The number of carbonyl (C=O) groups excluding carboxylic acids is 1. The quantitative estimate of drug-likeness (QED) is 0.509. The molecule has 0 N–H and O–H groups in total. The largest absolute Gasteiger partial charge is 0.496 e. The van der Waals surface area contributed by atoms with Crippen LogP contribution >= 0.6 is 0 Å². The SMILES string of the molecule is COc1ccccc1CN1Cc2ccccc2CC1C(=O)N1Cc2cc(OC)c(OC)cc2C[C@@H]1C. The first-order valence-corrected chi connectivity index (χ1v) is 12.5. The summed E-state index contributed by atoms with van der Waals surface area (Å²) in [6.45, 7) is 4.09. The monoisotopic (exact) mass is 486 g/mol. The van der Waals surface area contributed by atoms with Gasteiger partial charge in [0.1, 0.15) is 5.75 Å². The van der Waals surface area contributed by atoms with Gasteiger partial charge in [0.15, 0.2) is 11.5 Å². The molecule has 1 unspecified atom stereocenters. The maximum absolute atomic E-state index is 14.2. The van der Waals surface area contributed by atoms with Crippen molar-refractivity contribution in [3.8, 4) is 17.2 Å². The number of ether oxygens (including phenoxy) is 3. The number of hydrogen-bond donors (Lipinski definition) is 0. The Hall–Kier alpha value is -3.51. The highest BCUT2D eigenvalue weighted by Gasteiger charge is 2.38. The highest BCUT2D eigenvalue weighted by atomic mass is 16.5. The molecule has 0 bridgehead atoms. The van der Waals surface area contributed by atoms with E-state index in [1.54, 1.807) is 21.3 Å². The lowest BCUT2D eigenvalue weighted by atomic mass is 9.90. The van der Waals surface area contributed by atoms with Crippen molar-refractivity contribution in [2.75, 3.05) is 21.3 Å². The molecule has 6 nitrogen and oxygen atoms in total. The summed E-state index contributed by atoms with van der Waals surface area (Å²) in [4.78, 5) is 18.6. The Morgan fingerprint density at radius 3 is 2.14 bits per heavy atom. The summed E-state index contributed by atoms with van der Waals surface area (Å²) in [6.07, 6.45) is 1.49. The van der Waals surface area contributed by atoms with E-state index in [0.29, 0.717) is 25.3 Å². The van der Waals surface area contributed by atoms with Gasteiger partial charge in [-0.25, -0.2) is 0 Å². The van der Waals surface area contributed by atoms with E-state index in [1.807, 2.05) is 29.2 Å². The molecule has 5 rings (SSSR count). The van der Waals surface area contributed by atoms with Crippen molar-refractivity contribution >= 4 is 5.91 Å². The number of rotatable bonds is 6. The third-order valence-electron chi connectivity index (χ3n) is 7.57. The summed E-state index contributed by atoms with van der Waals surface area (Å²) >= 11 is 0. The van der Waals surface area contributed by atoms with Crippen LogP contribution in [0.3, 0.4) is 0 Å². The second-order valence-electron chi connectivity index (χ2n) is 9.70. The van der Waals surface area contributed by atoms with E-state index in [2.05, 4.69) is 48.2 Å². The minimum Gasteiger partial charge on any atom is -0.496 e. The Bertz CT molecular complexity index is 1260. The van der Waals surface area contributed by atoms with Crippen molar-refractivity contribution in [2.45, 2.75) is 51.5 Å². The Kier molecular flexibility index (Phi) is 6.88. The van der Waals surface area contributed by atoms with Crippen molar-refractivity contribution in [3.05, 3.63) is 88.5 Å². The van der Waals surface area contributed by atoms with E-state index >= 15 is 0 Å². The lowest BCUT2D eigenvalue weighted by molar-refractivity contribution is -0.141. The molecule has 1 amide bonds. The maximum atomic E-state index is 14.2. The van der Waals surface area contributed by atoms with Crippen LogP contribution in [0.4, 0.5) is 0 Å². The number of nitrogens with zero attached hydrogens (tertiary/aromatic N) is 2. The fourth-order valence-electron chi connectivity index (χ4n) is 5.59. The number of para-hydroxylation sites is 1. The zero-order chi connectivity index (χ0) is 25.2. The van der Waals surface area contributed by atoms with E-state index in [1.165, 1.54) is 16.7 Å². The van der Waals surface area contributed by atoms with Crippen LogP contribution in [0.2, 0.25) is 0 Å². The Labute approximate surface area is 213 Å². The van der Waals surface area contributed by atoms with E-state index in [9.17, 15) is 4.79 Å². The number of carbonyl (C=O) groups is 1. The predicted molar refractivity (Wildman–Crippen MR) is 139 cm³/mol. The summed E-state index contributed by atoms with van der Waals surface area (Å²) in [5.74, 6) is 2.45. The standard InChI is InChI=1S/C30H34N2O4/c1-20-13-24-15-28(35-3)29(36-4)16-25(24)19-32(20)30(33)26-14-21-9-5-6-10-22(21)17-31(26)18-23-11-7-8-12-27(23)34-2/h5-12,15-16,20,26H,13-14,17-19H2,1-4H3/t20-,26?/m0/s1. The van der Waals surface area contributed by atoms with E-state index in [-0.39, 0.29) is 18.0 Å². The summed E-state index contributed by atoms with van der Waals surface area (Å²) < 4.78 is 16.7. The fourth-order valence-corrected chi connectivity index (χ4v) is 5.59. The Morgan fingerprint density at radius 1 is 0.778 bits per heavy atom. The predicted octanol–water partition coefficient (Wildman–Crippen LogP) is 4.61. The average molecular weight is 487 g/mol. The Balaban J connectivity index is 1.46. The molecule has 2 aliphatic heterocycles. The summed E-state index contributed by atoms with van der Waals surface area (Å²) in [7, 11) is 5.00. The van der Waals surface area contributed by atoms with Gasteiger partial charge in [-0.05, 0) is 60.2 Å². The molecule has 0 spiro atoms. The fraction of sp³-hybridized carbons (Fsp3) is 0.367. The molecule has 188 valence electrons. The normalized spacial score (nSPS) is 19.3. The van der Waals surface area contributed by atoms with Gasteiger partial charge >= 0.3 is 0 Å². The maximum Gasteiger partial charge on any atom is 0.240 e. The van der Waals surface area contributed by atoms with Crippen LogP contribution in [0.5, 0.6) is 17.2 Å². The second kappa shape index (κ2) is 10.2. The number of benzene rings is 3. The molecule has 0 fully saturated rings. The van der Waals surface area contributed by atoms with E-state index in [0.717, 1.165) is 35.6 Å². The molecule has 0 aliphatic carbocycles. The molecule has 3 aromatic carbocycles. The average Bonchev–Trinajstić information content (AvgIpc) is 2.91. The highest BCUT2D eigenvalue weighted by Crippen LogP contribution is 2.36. The summed E-state index contributed by atoms with van der Waals surface area (Å²) in [6, 6.07) is 20.5. The smallest absolute Gasteiger partial charge is 0.240 e. The van der Waals surface area contributed by atoms with Crippen molar-refractivity contribution in [2.24, 2.45) is 0 Å². The zero-order valence-corrected chi connectivity index (χ0v) is 21.5. The van der Waals surface area contributed by atoms with E-state index < -0.39 is 0 Å². The van der Waals surface area contributed by atoms with Crippen molar-refractivity contribution < 1.29 is 19.0 Å². The van der Waals surface area contributed by atoms with Gasteiger partial charge in [0.2, 0.25) is 5.91 Å². The van der Waals surface area contributed by atoms with Gasteiger partial charge in [0.25, 0.3) is 0 Å².